The molecule has 0 radical (unpaired) electrons. The Hall–Kier alpha value is -2.31. The first-order valence-corrected chi connectivity index (χ1v) is 7.13. The van der Waals surface area contributed by atoms with Crippen LogP contribution in [0.15, 0.2) is 48.5 Å². The molecule has 3 nitrogen and oxygen atoms in total. The van der Waals surface area contributed by atoms with Crippen molar-refractivity contribution in [1.82, 2.24) is 0 Å². The smallest absolute Gasteiger partial charge is 0.139 e. The molecule has 0 aliphatic rings. The van der Waals surface area contributed by atoms with Crippen LogP contribution in [0.1, 0.15) is 36.1 Å². The number of nitrogens with two attached hydrogens (primary N) is 1. The van der Waals surface area contributed by atoms with Crippen molar-refractivity contribution in [2.75, 3.05) is 0 Å². The average molecular weight is 280 g/mol. The summed E-state index contributed by atoms with van der Waals surface area (Å²) < 4.78 is 6.10. The van der Waals surface area contributed by atoms with E-state index in [4.69, 9.17) is 15.7 Å². The molecule has 21 heavy (non-hydrogen) atoms. The minimum absolute atomic E-state index is 0.0817. The molecule has 0 bridgehead atoms. The number of benzene rings is 2. The molecular formula is C18H20N2O. The topological polar surface area (TPSA) is 59.0 Å². The normalized spacial score (nSPS) is 13.2. The molecule has 2 N–H and O–H groups in total. The van der Waals surface area contributed by atoms with Gasteiger partial charge in [0.05, 0.1) is 11.6 Å². The van der Waals surface area contributed by atoms with E-state index in [0.717, 1.165) is 17.7 Å². The van der Waals surface area contributed by atoms with Gasteiger partial charge in [0.15, 0.2) is 0 Å². The maximum Gasteiger partial charge on any atom is 0.139 e. The predicted molar refractivity (Wildman–Crippen MR) is 84.0 cm³/mol. The molecule has 0 saturated heterocycles. The summed E-state index contributed by atoms with van der Waals surface area (Å²) in [4.78, 5) is 0. The maximum atomic E-state index is 8.84. The van der Waals surface area contributed by atoms with Gasteiger partial charge in [0.2, 0.25) is 0 Å². The van der Waals surface area contributed by atoms with E-state index in [-0.39, 0.29) is 12.1 Å². The van der Waals surface area contributed by atoms with Crippen LogP contribution in [-0.4, -0.2) is 6.04 Å². The summed E-state index contributed by atoms with van der Waals surface area (Å²) in [5, 5.41) is 8.84. The number of nitrogens with zero attached hydrogens (tertiary/aromatic N) is 1. The van der Waals surface area contributed by atoms with Crippen molar-refractivity contribution in [3.05, 3.63) is 65.2 Å². The van der Waals surface area contributed by atoms with Crippen LogP contribution >= 0.6 is 0 Å². The minimum Gasteiger partial charge on any atom is -0.484 e. The minimum atomic E-state index is -0.191. The third-order valence-electron chi connectivity index (χ3n) is 3.60. The molecule has 0 heterocycles. The van der Waals surface area contributed by atoms with Gasteiger partial charge in [0, 0.05) is 6.04 Å². The lowest BCUT2D eigenvalue weighted by atomic mass is 9.97. The van der Waals surface area contributed by atoms with Crippen LogP contribution in [0.2, 0.25) is 0 Å². The van der Waals surface area contributed by atoms with Gasteiger partial charge in [0.1, 0.15) is 11.9 Å². The Balaban J connectivity index is 2.29. The lowest BCUT2D eigenvalue weighted by Gasteiger charge is -2.26. The zero-order valence-electron chi connectivity index (χ0n) is 12.4. The summed E-state index contributed by atoms with van der Waals surface area (Å²) >= 11 is 0. The largest absolute Gasteiger partial charge is 0.484 e. The molecule has 0 spiro atoms. The third-order valence-corrected chi connectivity index (χ3v) is 3.60. The lowest BCUT2D eigenvalue weighted by molar-refractivity contribution is 0.170. The van der Waals surface area contributed by atoms with Crippen molar-refractivity contribution in [1.29, 1.82) is 5.26 Å². The Morgan fingerprint density at radius 3 is 2.38 bits per heavy atom. The molecular weight excluding hydrogens is 260 g/mol. The zero-order valence-corrected chi connectivity index (χ0v) is 12.4. The van der Waals surface area contributed by atoms with Gasteiger partial charge in [-0.3, -0.25) is 0 Å². The van der Waals surface area contributed by atoms with E-state index in [1.165, 1.54) is 5.56 Å². The van der Waals surface area contributed by atoms with E-state index in [0.29, 0.717) is 5.56 Å². The van der Waals surface area contributed by atoms with E-state index in [9.17, 15) is 0 Å². The second-order valence-electron chi connectivity index (χ2n) is 5.10. The monoisotopic (exact) mass is 280 g/mol. The van der Waals surface area contributed by atoms with Crippen molar-refractivity contribution in [2.24, 2.45) is 5.73 Å². The summed E-state index contributed by atoms with van der Waals surface area (Å²) in [5.41, 5.74) is 9.14. The molecule has 108 valence electrons. The van der Waals surface area contributed by atoms with Gasteiger partial charge in [-0.15, -0.1) is 0 Å². The standard InChI is InChI=1S/C18H20N2O/c1-3-17(20)18(16-7-5-4-6-13(16)2)21-15-10-8-14(12-19)9-11-15/h4-11,17-18H,3,20H2,1-2H3. The highest BCUT2D eigenvalue weighted by molar-refractivity contribution is 5.36. The number of hydrogen-bond donors (Lipinski definition) is 1. The summed E-state index contributed by atoms with van der Waals surface area (Å²) in [5.74, 6) is 0.728. The molecule has 2 unspecified atom stereocenters. The molecule has 0 fully saturated rings. The van der Waals surface area contributed by atoms with Gasteiger partial charge >= 0.3 is 0 Å². The Morgan fingerprint density at radius 2 is 1.81 bits per heavy atom. The van der Waals surface area contributed by atoms with Crippen LogP contribution in [0.25, 0.3) is 0 Å². The van der Waals surface area contributed by atoms with Gasteiger partial charge in [-0.1, -0.05) is 31.2 Å². The summed E-state index contributed by atoms with van der Waals surface area (Å²) in [6.45, 7) is 4.12. The Kier molecular flexibility index (Phi) is 4.97. The highest BCUT2D eigenvalue weighted by Gasteiger charge is 2.22. The predicted octanol–water partition coefficient (Wildman–Crippen LogP) is 3.72. The first kappa shape index (κ1) is 15.1. The molecule has 0 amide bonds. The second kappa shape index (κ2) is 6.92. The maximum absolute atomic E-state index is 8.84. The van der Waals surface area contributed by atoms with Crippen molar-refractivity contribution >= 4 is 0 Å². The third kappa shape index (κ3) is 3.62. The number of ether oxygens (including phenoxy) is 1. The molecule has 0 aromatic heterocycles. The number of nitriles is 1. The van der Waals surface area contributed by atoms with Gasteiger partial charge in [0.25, 0.3) is 0 Å². The number of rotatable bonds is 5. The Morgan fingerprint density at radius 1 is 1.14 bits per heavy atom. The zero-order chi connectivity index (χ0) is 15.2. The van der Waals surface area contributed by atoms with E-state index in [1.807, 2.05) is 24.3 Å². The highest BCUT2D eigenvalue weighted by atomic mass is 16.5. The van der Waals surface area contributed by atoms with Crippen molar-refractivity contribution in [3.63, 3.8) is 0 Å². The fraction of sp³-hybridized carbons (Fsp3) is 0.278. The molecule has 0 aliphatic carbocycles. The Labute approximate surface area is 126 Å². The first-order valence-electron chi connectivity index (χ1n) is 7.13. The van der Waals surface area contributed by atoms with E-state index in [1.54, 1.807) is 12.1 Å². The SMILES string of the molecule is CCC(N)C(Oc1ccc(C#N)cc1)c1ccccc1C. The molecule has 2 rings (SSSR count). The van der Waals surface area contributed by atoms with Gasteiger partial charge < -0.3 is 10.5 Å². The van der Waals surface area contributed by atoms with Crippen LogP contribution in [0.5, 0.6) is 5.75 Å². The fourth-order valence-electron chi connectivity index (χ4n) is 2.26. The van der Waals surface area contributed by atoms with Gasteiger partial charge in [-0.05, 0) is 48.7 Å². The first-order chi connectivity index (χ1) is 10.2. The summed E-state index contributed by atoms with van der Waals surface area (Å²) in [6.07, 6.45) is 0.638. The molecule has 2 atom stereocenters. The van der Waals surface area contributed by atoms with Crippen molar-refractivity contribution in [3.8, 4) is 11.8 Å². The molecule has 2 aromatic rings. The average Bonchev–Trinajstić information content (AvgIpc) is 2.53. The summed E-state index contributed by atoms with van der Waals surface area (Å²) in [6, 6.07) is 17.3. The summed E-state index contributed by atoms with van der Waals surface area (Å²) in [7, 11) is 0. The van der Waals surface area contributed by atoms with E-state index < -0.39 is 0 Å². The number of aryl methyl sites for hydroxylation is 1. The van der Waals surface area contributed by atoms with Gasteiger partial charge in [-0.2, -0.15) is 5.26 Å². The van der Waals surface area contributed by atoms with Crippen molar-refractivity contribution < 1.29 is 4.74 Å². The van der Waals surface area contributed by atoms with Gasteiger partial charge in [-0.25, -0.2) is 0 Å². The second-order valence-corrected chi connectivity index (χ2v) is 5.10. The highest BCUT2D eigenvalue weighted by Crippen LogP contribution is 2.27. The van der Waals surface area contributed by atoms with E-state index >= 15 is 0 Å². The quantitative estimate of drug-likeness (QED) is 0.908. The van der Waals surface area contributed by atoms with Crippen LogP contribution < -0.4 is 10.5 Å². The molecule has 0 saturated carbocycles. The number of hydrogen-bond acceptors (Lipinski definition) is 3. The van der Waals surface area contributed by atoms with Crippen LogP contribution in [0.4, 0.5) is 0 Å². The lowest BCUT2D eigenvalue weighted by Crippen LogP contribution is -2.32. The molecule has 3 heteroatoms. The van der Waals surface area contributed by atoms with Crippen LogP contribution in [-0.2, 0) is 0 Å². The molecule has 2 aromatic carbocycles. The Bertz CT molecular complexity index is 628. The van der Waals surface area contributed by atoms with E-state index in [2.05, 4.69) is 32.0 Å². The fourth-order valence-corrected chi connectivity index (χ4v) is 2.26. The molecule has 0 aliphatic heterocycles. The van der Waals surface area contributed by atoms with Crippen molar-refractivity contribution in [2.45, 2.75) is 32.4 Å². The van der Waals surface area contributed by atoms with Crippen LogP contribution in [0, 0.1) is 18.3 Å². The van der Waals surface area contributed by atoms with Crippen LogP contribution in [0.3, 0.4) is 0 Å².